The molecule has 5 nitrogen and oxygen atoms in total. The molecule has 1 saturated carbocycles. The zero-order valence-corrected chi connectivity index (χ0v) is 15.7. The Hall–Kier alpha value is -1.46. The van der Waals surface area contributed by atoms with Crippen molar-refractivity contribution in [1.29, 1.82) is 0 Å². The number of carbonyl (C=O) groups excluding carboxylic acids is 1. The van der Waals surface area contributed by atoms with E-state index >= 15 is 0 Å². The molecule has 140 valence electrons. The molecule has 1 aliphatic heterocycles. The molecule has 1 heterocycles. The van der Waals surface area contributed by atoms with Gasteiger partial charge in [-0.3, -0.25) is 4.79 Å². The summed E-state index contributed by atoms with van der Waals surface area (Å²) in [5.74, 6) is 1.64. The number of nitrogens with one attached hydrogen (secondary N) is 2. The minimum atomic E-state index is 0. The van der Waals surface area contributed by atoms with Crippen LogP contribution in [0, 0.1) is 0 Å². The molecule has 1 aromatic carbocycles. The first-order valence-electron chi connectivity index (χ1n) is 9.08. The van der Waals surface area contributed by atoms with Crippen molar-refractivity contribution in [3.05, 3.63) is 23.8 Å². The van der Waals surface area contributed by atoms with Gasteiger partial charge in [0.15, 0.2) is 11.5 Å². The topological polar surface area (TPSA) is 59.6 Å². The molecule has 0 radical (unpaired) electrons. The first-order valence-corrected chi connectivity index (χ1v) is 9.08. The molecular weight excluding hydrogens is 340 g/mol. The maximum absolute atomic E-state index is 12.1. The summed E-state index contributed by atoms with van der Waals surface area (Å²) in [5.41, 5.74) is 1.04. The van der Waals surface area contributed by atoms with E-state index in [-0.39, 0.29) is 24.4 Å². The Balaban J connectivity index is 0.00000225. The molecule has 25 heavy (non-hydrogen) atoms. The third kappa shape index (κ3) is 5.79. The van der Waals surface area contributed by atoms with Crippen molar-refractivity contribution in [1.82, 2.24) is 10.6 Å². The van der Waals surface area contributed by atoms with Gasteiger partial charge in [0.1, 0.15) is 0 Å². The second-order valence-electron chi connectivity index (χ2n) is 6.78. The molecule has 2 N–H and O–H groups in total. The van der Waals surface area contributed by atoms with Gasteiger partial charge in [-0.2, -0.15) is 0 Å². The molecule has 0 spiro atoms. The van der Waals surface area contributed by atoms with E-state index in [2.05, 4.69) is 10.6 Å². The molecule has 1 amide bonds. The summed E-state index contributed by atoms with van der Waals surface area (Å²) in [6.07, 6.45) is 7.79. The lowest BCUT2D eigenvalue weighted by molar-refractivity contribution is -0.121. The van der Waals surface area contributed by atoms with Crippen LogP contribution < -0.4 is 20.1 Å². The predicted molar refractivity (Wildman–Crippen MR) is 101 cm³/mol. The van der Waals surface area contributed by atoms with Gasteiger partial charge < -0.3 is 20.1 Å². The summed E-state index contributed by atoms with van der Waals surface area (Å²) in [4.78, 5) is 12.1. The van der Waals surface area contributed by atoms with Crippen LogP contribution in [0.4, 0.5) is 0 Å². The molecule has 1 unspecified atom stereocenters. The summed E-state index contributed by atoms with van der Waals surface area (Å²) in [5, 5.41) is 6.36. The van der Waals surface area contributed by atoms with Crippen LogP contribution in [0.25, 0.3) is 0 Å². The number of rotatable bonds is 7. The third-order valence-corrected chi connectivity index (χ3v) is 4.91. The fraction of sp³-hybridized carbons (Fsp3) is 0.632. The predicted octanol–water partition coefficient (Wildman–Crippen LogP) is 3.20. The highest BCUT2D eigenvalue weighted by Crippen LogP contribution is 2.32. The van der Waals surface area contributed by atoms with Crippen LogP contribution in [-0.2, 0) is 11.3 Å². The highest BCUT2D eigenvalue weighted by atomic mass is 35.5. The van der Waals surface area contributed by atoms with Crippen LogP contribution >= 0.6 is 12.4 Å². The standard InChI is InChI=1S/C19H28N2O3.ClH/c1-23-17-9-8-14(11-18(17)24-16-6-2-3-7-16)13-21-19(22)12-15-5-4-10-20-15;/h8-9,11,15-16,20H,2-7,10,12-13H2,1H3,(H,21,22);1H. The smallest absolute Gasteiger partial charge is 0.221 e. The second-order valence-corrected chi connectivity index (χ2v) is 6.78. The largest absolute Gasteiger partial charge is 0.493 e. The van der Waals surface area contributed by atoms with Gasteiger partial charge in [-0.25, -0.2) is 0 Å². The van der Waals surface area contributed by atoms with Crippen LogP contribution in [0.1, 0.15) is 50.5 Å². The number of ether oxygens (including phenoxy) is 2. The number of methoxy groups -OCH3 is 1. The van der Waals surface area contributed by atoms with Crippen molar-refractivity contribution in [2.24, 2.45) is 0 Å². The summed E-state index contributed by atoms with van der Waals surface area (Å²) in [6, 6.07) is 6.23. The highest BCUT2D eigenvalue weighted by molar-refractivity contribution is 5.85. The monoisotopic (exact) mass is 368 g/mol. The number of hydrogen-bond donors (Lipinski definition) is 2. The number of halogens is 1. The lowest BCUT2D eigenvalue weighted by Gasteiger charge is -2.17. The Bertz CT molecular complexity index is 556. The summed E-state index contributed by atoms with van der Waals surface area (Å²) >= 11 is 0. The van der Waals surface area contributed by atoms with Crippen LogP contribution in [0.3, 0.4) is 0 Å². The molecule has 0 bridgehead atoms. The van der Waals surface area contributed by atoms with E-state index in [0.29, 0.717) is 19.0 Å². The number of benzene rings is 1. The molecule has 1 aromatic rings. The van der Waals surface area contributed by atoms with Crippen LogP contribution in [0.2, 0.25) is 0 Å². The van der Waals surface area contributed by atoms with Crippen LogP contribution in [-0.4, -0.2) is 31.7 Å². The first-order chi connectivity index (χ1) is 11.7. The van der Waals surface area contributed by atoms with Crippen LogP contribution in [0.15, 0.2) is 18.2 Å². The van der Waals surface area contributed by atoms with Crippen molar-refractivity contribution in [2.45, 2.75) is 63.6 Å². The maximum Gasteiger partial charge on any atom is 0.221 e. The molecular formula is C19H29ClN2O3. The number of carbonyl (C=O) groups is 1. The molecule has 1 saturated heterocycles. The average Bonchev–Trinajstić information content (AvgIpc) is 3.27. The minimum Gasteiger partial charge on any atom is -0.493 e. The van der Waals surface area contributed by atoms with Gasteiger partial charge in [0.05, 0.1) is 13.2 Å². The van der Waals surface area contributed by atoms with Gasteiger partial charge >= 0.3 is 0 Å². The molecule has 2 fully saturated rings. The van der Waals surface area contributed by atoms with Gasteiger partial charge in [0.2, 0.25) is 5.91 Å². The fourth-order valence-electron chi connectivity index (χ4n) is 3.54. The number of amides is 1. The summed E-state index contributed by atoms with van der Waals surface area (Å²) < 4.78 is 11.5. The van der Waals surface area contributed by atoms with E-state index in [1.807, 2.05) is 18.2 Å². The molecule has 0 aromatic heterocycles. The zero-order chi connectivity index (χ0) is 16.8. The molecule has 1 aliphatic carbocycles. The first kappa shape index (κ1) is 19.9. The maximum atomic E-state index is 12.1. The normalized spacial score (nSPS) is 20.1. The third-order valence-electron chi connectivity index (χ3n) is 4.91. The summed E-state index contributed by atoms with van der Waals surface area (Å²) in [6.45, 7) is 1.55. The van der Waals surface area contributed by atoms with Gasteiger partial charge in [0.25, 0.3) is 0 Å². The van der Waals surface area contributed by atoms with E-state index in [4.69, 9.17) is 9.47 Å². The molecule has 3 rings (SSSR count). The SMILES string of the molecule is COc1ccc(CNC(=O)CC2CCCN2)cc1OC1CCCC1.Cl. The minimum absolute atomic E-state index is 0. The van der Waals surface area contributed by atoms with E-state index in [9.17, 15) is 4.79 Å². The van der Waals surface area contributed by atoms with Crippen LogP contribution in [0.5, 0.6) is 11.5 Å². The lowest BCUT2D eigenvalue weighted by Crippen LogP contribution is -2.31. The van der Waals surface area contributed by atoms with Crippen molar-refractivity contribution in [3.63, 3.8) is 0 Å². The van der Waals surface area contributed by atoms with Crippen molar-refractivity contribution in [2.75, 3.05) is 13.7 Å². The Kier molecular flexibility index (Phi) is 7.85. The Labute approximate surface area is 156 Å². The van der Waals surface area contributed by atoms with E-state index in [0.717, 1.165) is 49.3 Å². The molecule has 6 heteroatoms. The van der Waals surface area contributed by atoms with Crippen molar-refractivity contribution < 1.29 is 14.3 Å². The lowest BCUT2D eigenvalue weighted by atomic mass is 10.1. The van der Waals surface area contributed by atoms with Crippen molar-refractivity contribution in [3.8, 4) is 11.5 Å². The van der Waals surface area contributed by atoms with Gasteiger partial charge in [-0.1, -0.05) is 6.07 Å². The second kappa shape index (κ2) is 9.88. The van der Waals surface area contributed by atoms with Gasteiger partial charge in [-0.05, 0) is 62.8 Å². The van der Waals surface area contributed by atoms with E-state index in [1.165, 1.54) is 12.8 Å². The van der Waals surface area contributed by atoms with E-state index < -0.39 is 0 Å². The molecule has 2 aliphatic rings. The Morgan fingerprint density at radius 1 is 1.20 bits per heavy atom. The quantitative estimate of drug-likeness (QED) is 0.776. The summed E-state index contributed by atoms with van der Waals surface area (Å²) in [7, 11) is 1.66. The van der Waals surface area contributed by atoms with Gasteiger partial charge in [-0.15, -0.1) is 12.4 Å². The number of hydrogen-bond acceptors (Lipinski definition) is 4. The van der Waals surface area contributed by atoms with Crippen molar-refractivity contribution >= 4 is 18.3 Å². The fourth-order valence-corrected chi connectivity index (χ4v) is 3.54. The zero-order valence-electron chi connectivity index (χ0n) is 14.9. The highest BCUT2D eigenvalue weighted by Gasteiger charge is 2.19. The average molecular weight is 369 g/mol. The van der Waals surface area contributed by atoms with Gasteiger partial charge in [0, 0.05) is 19.0 Å². The Morgan fingerprint density at radius 2 is 2.00 bits per heavy atom. The molecule has 1 atom stereocenters. The van der Waals surface area contributed by atoms with E-state index in [1.54, 1.807) is 7.11 Å². The Morgan fingerprint density at radius 3 is 2.68 bits per heavy atom.